The number of amides is 1. The Kier molecular flexibility index (Phi) is 5.00. The van der Waals surface area contributed by atoms with E-state index in [-0.39, 0.29) is 5.91 Å². The van der Waals surface area contributed by atoms with Gasteiger partial charge in [0, 0.05) is 31.4 Å². The van der Waals surface area contributed by atoms with E-state index in [1.807, 2.05) is 25.1 Å². The number of rotatable bonds is 6. The van der Waals surface area contributed by atoms with Crippen LogP contribution in [-0.4, -0.2) is 33.9 Å². The molecule has 6 nitrogen and oxygen atoms in total. The number of carbonyl (C=O) groups excluding carboxylic acids is 1. The number of nitrogens with one attached hydrogen (secondary N) is 2. The molecule has 2 aromatic heterocycles. The predicted octanol–water partition coefficient (Wildman–Crippen LogP) is 1.28. The van der Waals surface area contributed by atoms with Crippen molar-refractivity contribution < 1.29 is 4.79 Å². The minimum atomic E-state index is -0.225. The highest BCUT2D eigenvalue weighted by atomic mass is 16.1. The molecule has 20 heavy (non-hydrogen) atoms. The Morgan fingerprint density at radius 1 is 1.20 bits per heavy atom. The third-order valence-electron chi connectivity index (χ3n) is 2.64. The number of hydrogen-bond donors (Lipinski definition) is 2. The molecule has 0 radical (unpaired) electrons. The van der Waals surface area contributed by atoms with Gasteiger partial charge in [0.2, 0.25) is 0 Å². The van der Waals surface area contributed by atoms with Gasteiger partial charge in [0.25, 0.3) is 5.91 Å². The van der Waals surface area contributed by atoms with Gasteiger partial charge >= 0.3 is 0 Å². The Morgan fingerprint density at radius 3 is 2.75 bits per heavy atom. The lowest BCUT2D eigenvalue weighted by Crippen LogP contribution is -2.26. The molecule has 2 N–H and O–H groups in total. The first-order valence-electron chi connectivity index (χ1n) is 6.53. The molecular formula is C14H17N5O. The van der Waals surface area contributed by atoms with Crippen molar-refractivity contribution >= 4 is 11.7 Å². The number of anilines is 1. The van der Waals surface area contributed by atoms with Crippen LogP contribution < -0.4 is 10.6 Å². The summed E-state index contributed by atoms with van der Waals surface area (Å²) in [7, 11) is 0. The maximum atomic E-state index is 11.8. The van der Waals surface area contributed by atoms with Gasteiger partial charge in [-0.2, -0.15) is 0 Å². The maximum Gasteiger partial charge on any atom is 0.271 e. The van der Waals surface area contributed by atoms with Crippen LogP contribution in [-0.2, 0) is 6.42 Å². The van der Waals surface area contributed by atoms with Gasteiger partial charge in [-0.1, -0.05) is 6.07 Å². The highest BCUT2D eigenvalue weighted by Gasteiger charge is 2.07. The third kappa shape index (κ3) is 4.01. The summed E-state index contributed by atoms with van der Waals surface area (Å²) in [5.41, 5.74) is 1.26. The van der Waals surface area contributed by atoms with E-state index in [2.05, 4.69) is 25.6 Å². The Labute approximate surface area is 117 Å². The summed E-state index contributed by atoms with van der Waals surface area (Å²) < 4.78 is 0. The molecule has 0 atom stereocenters. The molecule has 2 rings (SSSR count). The highest BCUT2D eigenvalue weighted by Crippen LogP contribution is 2.00. The fourth-order valence-electron chi connectivity index (χ4n) is 1.66. The van der Waals surface area contributed by atoms with Gasteiger partial charge in [0.1, 0.15) is 11.5 Å². The van der Waals surface area contributed by atoms with E-state index in [1.54, 1.807) is 12.4 Å². The maximum absolute atomic E-state index is 11.8. The zero-order chi connectivity index (χ0) is 14.2. The lowest BCUT2D eigenvalue weighted by molar-refractivity contribution is 0.0948. The molecule has 104 valence electrons. The van der Waals surface area contributed by atoms with Crippen LogP contribution >= 0.6 is 0 Å². The Bertz CT molecular complexity index is 541. The van der Waals surface area contributed by atoms with Crippen molar-refractivity contribution in [3.63, 3.8) is 0 Å². The molecule has 2 aromatic rings. The van der Waals surface area contributed by atoms with Gasteiger partial charge < -0.3 is 10.6 Å². The quantitative estimate of drug-likeness (QED) is 0.827. The second kappa shape index (κ2) is 7.18. The summed E-state index contributed by atoms with van der Waals surface area (Å²) in [6, 6.07) is 5.72. The molecule has 0 bridgehead atoms. The lowest BCUT2D eigenvalue weighted by Gasteiger charge is -2.05. The van der Waals surface area contributed by atoms with Crippen molar-refractivity contribution in [3.8, 4) is 0 Å². The molecule has 1 amide bonds. The molecule has 0 saturated heterocycles. The summed E-state index contributed by atoms with van der Waals surface area (Å²) in [5.74, 6) is 0.439. The van der Waals surface area contributed by atoms with Gasteiger partial charge in [0.05, 0.1) is 12.4 Å². The van der Waals surface area contributed by atoms with Gasteiger partial charge in [0.15, 0.2) is 0 Å². The summed E-state index contributed by atoms with van der Waals surface area (Å²) in [6.07, 6.45) is 5.45. The fourth-order valence-corrected chi connectivity index (χ4v) is 1.66. The van der Waals surface area contributed by atoms with E-state index in [4.69, 9.17) is 0 Å². The smallest absolute Gasteiger partial charge is 0.271 e. The van der Waals surface area contributed by atoms with Gasteiger partial charge in [-0.05, 0) is 19.1 Å². The van der Waals surface area contributed by atoms with Crippen molar-refractivity contribution in [1.82, 2.24) is 20.3 Å². The molecule has 0 saturated carbocycles. The largest absolute Gasteiger partial charge is 0.369 e. The van der Waals surface area contributed by atoms with E-state index < -0.39 is 0 Å². The highest BCUT2D eigenvalue weighted by molar-refractivity contribution is 5.91. The Morgan fingerprint density at radius 2 is 2.10 bits per heavy atom. The summed E-state index contributed by atoms with van der Waals surface area (Å²) in [4.78, 5) is 24.2. The van der Waals surface area contributed by atoms with Crippen LogP contribution in [0.15, 0.2) is 36.8 Å². The zero-order valence-electron chi connectivity index (χ0n) is 11.3. The summed E-state index contributed by atoms with van der Waals surface area (Å²) in [5, 5.41) is 5.82. The van der Waals surface area contributed by atoms with Gasteiger partial charge in [-0.25, -0.2) is 9.97 Å². The van der Waals surface area contributed by atoms with E-state index >= 15 is 0 Å². The first-order chi connectivity index (χ1) is 9.79. The van der Waals surface area contributed by atoms with Crippen molar-refractivity contribution in [2.45, 2.75) is 13.3 Å². The van der Waals surface area contributed by atoms with Crippen molar-refractivity contribution in [3.05, 3.63) is 48.2 Å². The predicted molar refractivity (Wildman–Crippen MR) is 76.5 cm³/mol. The number of pyridine rings is 1. The van der Waals surface area contributed by atoms with E-state index in [0.29, 0.717) is 24.5 Å². The van der Waals surface area contributed by atoms with Crippen LogP contribution in [0.4, 0.5) is 5.82 Å². The number of hydrogen-bond acceptors (Lipinski definition) is 5. The average Bonchev–Trinajstić information content (AvgIpc) is 2.49. The monoisotopic (exact) mass is 271 g/mol. The molecule has 0 unspecified atom stereocenters. The second-order valence-corrected chi connectivity index (χ2v) is 4.14. The van der Waals surface area contributed by atoms with Crippen LogP contribution in [0.2, 0.25) is 0 Å². The van der Waals surface area contributed by atoms with Crippen LogP contribution in [0.1, 0.15) is 23.1 Å². The summed E-state index contributed by atoms with van der Waals surface area (Å²) in [6.45, 7) is 3.26. The number of aromatic nitrogens is 3. The third-order valence-corrected chi connectivity index (χ3v) is 2.64. The molecule has 0 aromatic carbocycles. The van der Waals surface area contributed by atoms with Crippen LogP contribution in [0.3, 0.4) is 0 Å². The van der Waals surface area contributed by atoms with Crippen molar-refractivity contribution in [2.24, 2.45) is 0 Å². The average molecular weight is 271 g/mol. The Balaban J connectivity index is 1.82. The SMILES string of the molecule is CCNc1cnc(C(=O)NCCc2ccccn2)cn1. The fraction of sp³-hybridized carbons (Fsp3) is 0.286. The van der Waals surface area contributed by atoms with Gasteiger partial charge in [-0.15, -0.1) is 0 Å². The zero-order valence-corrected chi connectivity index (χ0v) is 11.3. The minimum absolute atomic E-state index is 0.225. The normalized spacial score (nSPS) is 10.1. The second-order valence-electron chi connectivity index (χ2n) is 4.14. The first kappa shape index (κ1) is 13.9. The summed E-state index contributed by atoms with van der Waals surface area (Å²) >= 11 is 0. The van der Waals surface area contributed by atoms with Gasteiger partial charge in [-0.3, -0.25) is 9.78 Å². The number of nitrogens with zero attached hydrogens (tertiary/aromatic N) is 3. The molecule has 0 aliphatic heterocycles. The minimum Gasteiger partial charge on any atom is -0.369 e. The number of carbonyl (C=O) groups is 1. The van der Waals surface area contributed by atoms with Crippen molar-refractivity contribution in [2.75, 3.05) is 18.4 Å². The van der Waals surface area contributed by atoms with Crippen LogP contribution in [0.25, 0.3) is 0 Å². The first-order valence-corrected chi connectivity index (χ1v) is 6.53. The lowest BCUT2D eigenvalue weighted by atomic mass is 10.2. The van der Waals surface area contributed by atoms with E-state index in [1.165, 1.54) is 6.20 Å². The van der Waals surface area contributed by atoms with Crippen LogP contribution in [0, 0.1) is 0 Å². The van der Waals surface area contributed by atoms with Crippen LogP contribution in [0.5, 0.6) is 0 Å². The van der Waals surface area contributed by atoms with E-state index in [9.17, 15) is 4.79 Å². The molecular weight excluding hydrogens is 254 g/mol. The van der Waals surface area contributed by atoms with E-state index in [0.717, 1.165) is 12.2 Å². The molecule has 0 fully saturated rings. The Hall–Kier alpha value is -2.50. The molecule has 2 heterocycles. The topological polar surface area (TPSA) is 79.8 Å². The standard InChI is InChI=1S/C14H17N5O/c1-2-15-13-10-18-12(9-19-13)14(20)17-8-6-11-5-3-4-7-16-11/h3-5,7,9-10H,2,6,8H2,1H3,(H,15,19)(H,17,20). The molecule has 0 aliphatic rings. The molecule has 6 heteroatoms. The van der Waals surface area contributed by atoms with Crippen molar-refractivity contribution in [1.29, 1.82) is 0 Å². The molecule has 0 aliphatic carbocycles. The molecule has 0 spiro atoms.